The molecule has 2 aromatic heterocycles. The van der Waals surface area contributed by atoms with Gasteiger partial charge in [-0.1, -0.05) is 39.4 Å². The Morgan fingerprint density at radius 3 is 2.45 bits per heavy atom. The molecule has 0 fully saturated rings. The highest BCUT2D eigenvalue weighted by Gasteiger charge is 2.37. The van der Waals surface area contributed by atoms with E-state index in [1.165, 1.54) is 6.92 Å². The number of anilines is 2. The lowest BCUT2D eigenvalue weighted by Gasteiger charge is -2.16. The Morgan fingerprint density at radius 2 is 1.79 bits per heavy atom. The number of nitrogens with one attached hydrogen (secondary N) is 1. The van der Waals surface area contributed by atoms with Crippen LogP contribution < -0.4 is 10.9 Å². The molecule has 0 unspecified atom stereocenters. The zero-order valence-electron chi connectivity index (χ0n) is 14.8. The van der Waals surface area contributed by atoms with E-state index >= 15 is 0 Å². The summed E-state index contributed by atoms with van der Waals surface area (Å²) in [4.78, 5) is 17.3. The summed E-state index contributed by atoms with van der Waals surface area (Å²) in [7, 11) is 0. The first-order valence-corrected chi connectivity index (χ1v) is 9.94. The van der Waals surface area contributed by atoms with Crippen LogP contribution in [0.1, 0.15) is 11.3 Å². The van der Waals surface area contributed by atoms with Crippen molar-refractivity contribution in [1.29, 1.82) is 0 Å². The maximum absolute atomic E-state index is 13.6. The van der Waals surface area contributed by atoms with Crippen LogP contribution >= 0.6 is 27.3 Å². The first-order chi connectivity index (χ1) is 13.7. The first-order valence-electron chi connectivity index (χ1n) is 8.34. The molecule has 5 nitrogen and oxygen atoms in total. The van der Waals surface area contributed by atoms with Gasteiger partial charge in [0.2, 0.25) is 5.13 Å². The second-order valence-corrected chi connectivity index (χ2v) is 8.08. The van der Waals surface area contributed by atoms with Crippen LogP contribution in [0.5, 0.6) is 0 Å². The second-order valence-electron chi connectivity index (χ2n) is 6.16. The van der Waals surface area contributed by atoms with E-state index in [4.69, 9.17) is 0 Å². The van der Waals surface area contributed by atoms with Gasteiger partial charge in [-0.3, -0.25) is 4.79 Å². The molecule has 10 heteroatoms. The van der Waals surface area contributed by atoms with Crippen LogP contribution in [0.3, 0.4) is 0 Å². The third-order valence-corrected chi connectivity index (χ3v) is 5.72. The Morgan fingerprint density at radius 1 is 1.10 bits per heavy atom. The fourth-order valence-electron chi connectivity index (χ4n) is 2.78. The van der Waals surface area contributed by atoms with Gasteiger partial charge >= 0.3 is 6.18 Å². The Kier molecular flexibility index (Phi) is 4.91. The number of hydrogen-bond acceptors (Lipinski definition) is 5. The van der Waals surface area contributed by atoms with Gasteiger partial charge in [0.1, 0.15) is 5.69 Å². The highest BCUT2D eigenvalue weighted by molar-refractivity contribution is 9.10. The number of halogens is 4. The highest BCUT2D eigenvalue weighted by atomic mass is 79.9. The monoisotopic (exact) mass is 480 g/mol. The quantitative estimate of drug-likeness (QED) is 0.410. The van der Waals surface area contributed by atoms with Crippen molar-refractivity contribution >= 4 is 48.9 Å². The zero-order chi connectivity index (χ0) is 20.8. The van der Waals surface area contributed by atoms with Crippen LogP contribution in [-0.4, -0.2) is 14.8 Å². The molecule has 0 saturated carbocycles. The normalized spacial score (nSPS) is 11.8. The lowest BCUT2D eigenvalue weighted by atomic mass is 10.2. The van der Waals surface area contributed by atoms with E-state index in [1.807, 2.05) is 0 Å². The first kappa shape index (κ1) is 19.6. The standard InChI is InChI=1S/C19H12BrF3N4OS/c1-10-15(24-12-8-6-11(20)7-9-12)17(28)27(26-16(10)19(21,22)23)18-25-13-4-2-3-5-14(13)29-18/h2-9,24H,1H3. The maximum Gasteiger partial charge on any atom is 0.435 e. The van der Waals surface area contributed by atoms with E-state index in [2.05, 4.69) is 31.3 Å². The van der Waals surface area contributed by atoms with E-state index < -0.39 is 17.4 Å². The fourth-order valence-corrected chi connectivity index (χ4v) is 3.96. The van der Waals surface area contributed by atoms with E-state index in [-0.39, 0.29) is 16.4 Å². The fraction of sp³-hybridized carbons (Fsp3) is 0.105. The van der Waals surface area contributed by atoms with E-state index in [0.29, 0.717) is 15.9 Å². The Labute approximate surface area is 175 Å². The smallest absolute Gasteiger partial charge is 0.351 e. The molecular formula is C19H12BrF3N4OS. The van der Waals surface area contributed by atoms with Gasteiger partial charge in [0.15, 0.2) is 5.69 Å². The summed E-state index contributed by atoms with van der Waals surface area (Å²) < 4.78 is 43.1. The third kappa shape index (κ3) is 3.77. The van der Waals surface area contributed by atoms with Crippen LogP contribution in [0.4, 0.5) is 24.5 Å². The molecule has 0 aliphatic carbocycles. The summed E-state index contributed by atoms with van der Waals surface area (Å²) in [6.45, 7) is 1.22. The molecular weight excluding hydrogens is 469 g/mol. The summed E-state index contributed by atoms with van der Waals surface area (Å²) in [6.07, 6.45) is -4.73. The van der Waals surface area contributed by atoms with Gasteiger partial charge in [-0.2, -0.15) is 23.0 Å². The number of hydrogen-bond donors (Lipinski definition) is 1. The van der Waals surface area contributed by atoms with Gasteiger partial charge in [0.05, 0.1) is 10.2 Å². The van der Waals surface area contributed by atoms with Crippen molar-refractivity contribution in [2.75, 3.05) is 5.32 Å². The molecule has 4 rings (SSSR count). The predicted octanol–water partition coefficient (Wildman–Crippen LogP) is 5.68. The second kappa shape index (κ2) is 7.27. The number of thiazole rings is 1. The van der Waals surface area contributed by atoms with Crippen molar-refractivity contribution in [3.05, 3.63) is 74.6 Å². The minimum absolute atomic E-state index is 0.0700. The summed E-state index contributed by atoms with van der Waals surface area (Å²) in [6, 6.07) is 13.8. The minimum atomic E-state index is -4.73. The number of alkyl halides is 3. The molecule has 4 aromatic rings. The number of para-hydroxylation sites is 1. The molecule has 0 aliphatic rings. The van der Waals surface area contributed by atoms with E-state index in [1.54, 1.807) is 48.5 Å². The molecule has 29 heavy (non-hydrogen) atoms. The largest absolute Gasteiger partial charge is 0.435 e. The zero-order valence-corrected chi connectivity index (χ0v) is 17.2. The number of benzene rings is 2. The van der Waals surface area contributed by atoms with Crippen molar-refractivity contribution in [2.24, 2.45) is 0 Å². The van der Waals surface area contributed by atoms with Gasteiger partial charge < -0.3 is 5.32 Å². The van der Waals surface area contributed by atoms with Crippen molar-refractivity contribution < 1.29 is 13.2 Å². The lowest BCUT2D eigenvalue weighted by Crippen LogP contribution is -2.29. The molecule has 0 bridgehead atoms. The van der Waals surface area contributed by atoms with Gasteiger partial charge in [-0.25, -0.2) is 4.98 Å². The third-order valence-electron chi connectivity index (χ3n) is 4.18. The van der Waals surface area contributed by atoms with Gasteiger partial charge in [0.25, 0.3) is 5.56 Å². The topological polar surface area (TPSA) is 59.8 Å². The van der Waals surface area contributed by atoms with Crippen LogP contribution in [0.25, 0.3) is 15.3 Å². The van der Waals surface area contributed by atoms with E-state index in [0.717, 1.165) is 20.5 Å². The van der Waals surface area contributed by atoms with Crippen LogP contribution in [0.2, 0.25) is 0 Å². The van der Waals surface area contributed by atoms with Crippen LogP contribution in [0, 0.1) is 6.92 Å². The van der Waals surface area contributed by atoms with E-state index in [9.17, 15) is 18.0 Å². The van der Waals surface area contributed by atoms with Crippen molar-refractivity contribution in [3.8, 4) is 5.13 Å². The van der Waals surface area contributed by atoms with Crippen LogP contribution in [0.15, 0.2) is 57.8 Å². The highest BCUT2D eigenvalue weighted by Crippen LogP contribution is 2.33. The minimum Gasteiger partial charge on any atom is -0.351 e. The van der Waals surface area contributed by atoms with Crippen molar-refractivity contribution in [3.63, 3.8) is 0 Å². The number of fused-ring (bicyclic) bond motifs is 1. The summed E-state index contributed by atoms with van der Waals surface area (Å²) in [5.41, 5.74) is -1.27. The summed E-state index contributed by atoms with van der Waals surface area (Å²) in [5, 5.41) is 6.48. The maximum atomic E-state index is 13.6. The van der Waals surface area contributed by atoms with Gasteiger partial charge in [-0.05, 0) is 43.3 Å². The Balaban J connectivity index is 1.93. The van der Waals surface area contributed by atoms with Crippen LogP contribution in [-0.2, 0) is 6.18 Å². The molecule has 0 amide bonds. The molecule has 148 valence electrons. The Hall–Kier alpha value is -2.72. The van der Waals surface area contributed by atoms with Crippen molar-refractivity contribution in [2.45, 2.75) is 13.1 Å². The van der Waals surface area contributed by atoms with Crippen molar-refractivity contribution in [1.82, 2.24) is 14.8 Å². The SMILES string of the molecule is Cc1c(C(F)(F)F)nn(-c2nc3ccccc3s2)c(=O)c1Nc1ccc(Br)cc1. The lowest BCUT2D eigenvalue weighted by molar-refractivity contribution is -0.142. The number of aromatic nitrogens is 3. The van der Waals surface area contributed by atoms with Gasteiger partial charge in [0, 0.05) is 15.7 Å². The summed E-state index contributed by atoms with van der Waals surface area (Å²) in [5.74, 6) is 0. The summed E-state index contributed by atoms with van der Waals surface area (Å²) >= 11 is 4.39. The Bertz CT molecular complexity index is 1230. The average molecular weight is 481 g/mol. The predicted molar refractivity (Wildman–Crippen MR) is 110 cm³/mol. The van der Waals surface area contributed by atoms with Gasteiger partial charge in [-0.15, -0.1) is 0 Å². The molecule has 0 saturated heterocycles. The average Bonchev–Trinajstić information content (AvgIpc) is 3.09. The molecule has 2 aromatic carbocycles. The molecule has 0 atom stereocenters. The molecule has 2 heterocycles. The number of nitrogens with zero attached hydrogens (tertiary/aromatic N) is 3. The molecule has 0 aliphatic heterocycles. The molecule has 1 N–H and O–H groups in total. The molecule has 0 radical (unpaired) electrons. The molecule has 0 spiro atoms. The number of rotatable bonds is 3.